The zero-order valence-electron chi connectivity index (χ0n) is 23.7. The predicted molar refractivity (Wildman–Crippen MR) is 155 cm³/mol. The Kier molecular flexibility index (Phi) is 7.91. The summed E-state index contributed by atoms with van der Waals surface area (Å²) in [5.74, 6) is 0.323. The number of aromatic carboxylic acids is 1. The van der Waals surface area contributed by atoms with E-state index < -0.39 is 24.6 Å². The van der Waals surface area contributed by atoms with Gasteiger partial charge in [-0.3, -0.25) is 4.90 Å². The number of alkyl halides is 1. The predicted octanol–water partition coefficient (Wildman–Crippen LogP) is 6.13. The van der Waals surface area contributed by atoms with Gasteiger partial charge in [0.2, 0.25) is 0 Å². The number of likely N-dealkylation sites (tertiary alicyclic amines) is 1. The van der Waals surface area contributed by atoms with Gasteiger partial charge >= 0.3 is 5.97 Å². The van der Waals surface area contributed by atoms with Gasteiger partial charge in [-0.05, 0) is 68.2 Å². The van der Waals surface area contributed by atoms with Crippen LogP contribution < -0.4 is 14.2 Å². The number of ether oxygens (including phenoxy) is 3. The topological polar surface area (TPSA) is 97.0 Å². The summed E-state index contributed by atoms with van der Waals surface area (Å²) >= 11 is 0. The normalized spacial score (nSPS) is 17.1. The van der Waals surface area contributed by atoms with Gasteiger partial charge in [0.1, 0.15) is 31.5 Å². The Morgan fingerprint density at radius 2 is 1.95 bits per heavy atom. The quantitative estimate of drug-likeness (QED) is 0.265. The molecule has 4 aromatic rings. The molecule has 2 aliphatic heterocycles. The lowest BCUT2D eigenvalue weighted by molar-refractivity contribution is 0.0696. The molecule has 1 N–H and O–H groups in total. The van der Waals surface area contributed by atoms with Gasteiger partial charge in [0, 0.05) is 35.8 Å². The first-order valence-corrected chi connectivity index (χ1v) is 14.2. The number of para-hydroxylation sites is 1. The molecule has 8 nitrogen and oxygen atoms in total. The van der Waals surface area contributed by atoms with Gasteiger partial charge in [-0.15, -0.1) is 0 Å². The van der Waals surface area contributed by atoms with E-state index >= 15 is 0 Å². The molecule has 3 heterocycles. The molecule has 0 bridgehead atoms. The maximum atomic E-state index is 14.8. The van der Waals surface area contributed by atoms with Crippen LogP contribution in [0.2, 0.25) is 0 Å². The molecule has 0 amide bonds. The molecule has 10 heteroatoms. The monoisotopic (exact) mass is 587 g/mol. The zero-order chi connectivity index (χ0) is 30.1. The molecule has 0 saturated carbocycles. The largest absolute Gasteiger partial charge is 0.490 e. The van der Waals surface area contributed by atoms with Crippen molar-refractivity contribution >= 4 is 16.9 Å². The van der Waals surface area contributed by atoms with E-state index in [0.29, 0.717) is 29.4 Å². The number of rotatable bonds is 8. The van der Waals surface area contributed by atoms with Crippen LogP contribution >= 0.6 is 0 Å². The number of hydrogen-bond donors (Lipinski definition) is 1. The fourth-order valence-corrected chi connectivity index (χ4v) is 6.07. The molecule has 0 unspecified atom stereocenters. The van der Waals surface area contributed by atoms with Crippen molar-refractivity contribution in [3.05, 3.63) is 88.4 Å². The lowest BCUT2D eigenvalue weighted by atomic mass is 9.88. The first-order valence-electron chi connectivity index (χ1n) is 14.2. The molecular formula is C33H31F2N3O5. The van der Waals surface area contributed by atoms with Crippen LogP contribution in [0.1, 0.15) is 57.6 Å². The number of carboxylic acids is 1. The average molecular weight is 588 g/mol. The molecule has 222 valence electrons. The van der Waals surface area contributed by atoms with E-state index in [4.69, 9.17) is 19.5 Å². The minimum Gasteiger partial charge on any atom is -0.490 e. The lowest BCUT2D eigenvalue weighted by Gasteiger charge is -2.35. The molecule has 1 saturated heterocycles. The van der Waals surface area contributed by atoms with Crippen molar-refractivity contribution in [2.75, 3.05) is 33.0 Å². The summed E-state index contributed by atoms with van der Waals surface area (Å²) in [7, 11) is 1.90. The molecule has 43 heavy (non-hydrogen) atoms. The van der Waals surface area contributed by atoms with Crippen LogP contribution in [0.15, 0.2) is 54.6 Å². The third kappa shape index (κ3) is 5.60. The fourth-order valence-electron chi connectivity index (χ4n) is 6.07. The number of fused-ring (bicyclic) bond motifs is 2. The molecule has 0 aliphatic carbocycles. The van der Waals surface area contributed by atoms with E-state index in [2.05, 4.69) is 4.90 Å². The van der Waals surface area contributed by atoms with Gasteiger partial charge in [0.25, 0.3) is 0 Å². The molecule has 2 aliphatic rings. The molecule has 1 aromatic heterocycles. The third-order valence-corrected chi connectivity index (χ3v) is 8.35. The fraction of sp³-hybridized carbons (Fsp3) is 0.333. The highest BCUT2D eigenvalue weighted by Crippen LogP contribution is 2.45. The molecule has 3 aromatic carbocycles. The Bertz CT molecular complexity index is 1720. The minimum absolute atomic E-state index is 0.0940. The highest BCUT2D eigenvalue weighted by molar-refractivity contribution is 5.97. The Hall–Kier alpha value is -4.62. The number of carbonyl (C=O) groups is 1. The van der Waals surface area contributed by atoms with Gasteiger partial charge in [-0.2, -0.15) is 5.26 Å². The molecule has 6 rings (SSSR count). The molecular weight excluding hydrogens is 556 g/mol. The maximum Gasteiger partial charge on any atom is 0.335 e. The van der Waals surface area contributed by atoms with Crippen LogP contribution in [0.4, 0.5) is 8.78 Å². The highest BCUT2D eigenvalue weighted by atomic mass is 19.1. The number of hydrogen-bond acceptors (Lipinski definition) is 6. The Labute approximate surface area is 247 Å². The highest BCUT2D eigenvalue weighted by Gasteiger charge is 2.31. The second kappa shape index (κ2) is 11.9. The molecule has 1 atom stereocenters. The number of aryl methyl sites for hydroxylation is 1. The van der Waals surface area contributed by atoms with Crippen molar-refractivity contribution < 1.29 is 32.9 Å². The van der Waals surface area contributed by atoms with Crippen molar-refractivity contribution in [2.24, 2.45) is 7.05 Å². The molecule has 0 radical (unpaired) electrons. The van der Waals surface area contributed by atoms with Crippen LogP contribution in [0.5, 0.6) is 17.2 Å². The van der Waals surface area contributed by atoms with Crippen molar-refractivity contribution in [3.8, 4) is 23.3 Å². The summed E-state index contributed by atoms with van der Waals surface area (Å²) in [6, 6.07) is 17.2. The zero-order valence-corrected chi connectivity index (χ0v) is 23.7. The molecule has 1 fully saturated rings. The second-order valence-electron chi connectivity index (χ2n) is 10.9. The smallest absolute Gasteiger partial charge is 0.335 e. The second-order valence-corrected chi connectivity index (χ2v) is 10.9. The Morgan fingerprint density at radius 3 is 2.67 bits per heavy atom. The third-order valence-electron chi connectivity index (χ3n) is 8.35. The van der Waals surface area contributed by atoms with E-state index in [-0.39, 0.29) is 30.3 Å². The van der Waals surface area contributed by atoms with Gasteiger partial charge in [0.15, 0.2) is 17.6 Å². The van der Waals surface area contributed by atoms with Crippen molar-refractivity contribution in [1.82, 2.24) is 9.47 Å². The lowest BCUT2D eigenvalue weighted by Crippen LogP contribution is -2.33. The summed E-state index contributed by atoms with van der Waals surface area (Å²) in [5.41, 5.74) is 3.47. The van der Waals surface area contributed by atoms with E-state index in [1.165, 1.54) is 12.1 Å². The molecule has 0 spiro atoms. The standard InChI is InChI=1S/C33H31F2N3O5/c1-37-23(16-26-28(37)14-22(33(39)40)15-30(26)41-12-9-34)18-38-10-7-21(8-11-38)24-3-2-4-29-32(24)43-31(19-42-29)25-6-5-20(17-36)13-27(25)35/h2-6,13-16,21,31H,7-12,18-19H2,1H3,(H,39,40)/t31-/m0/s1. The minimum atomic E-state index is -1.07. The van der Waals surface area contributed by atoms with Gasteiger partial charge in [-0.25, -0.2) is 13.6 Å². The van der Waals surface area contributed by atoms with Gasteiger partial charge in [0.05, 0.1) is 22.7 Å². The maximum absolute atomic E-state index is 14.8. The van der Waals surface area contributed by atoms with E-state index in [1.54, 1.807) is 18.2 Å². The summed E-state index contributed by atoms with van der Waals surface area (Å²) in [4.78, 5) is 14.0. The van der Waals surface area contributed by atoms with Gasteiger partial charge < -0.3 is 23.9 Å². The van der Waals surface area contributed by atoms with Crippen molar-refractivity contribution in [2.45, 2.75) is 31.4 Å². The summed E-state index contributed by atoms with van der Waals surface area (Å²) in [6.45, 7) is 1.69. The van der Waals surface area contributed by atoms with E-state index in [1.807, 2.05) is 41.9 Å². The summed E-state index contributed by atoms with van der Waals surface area (Å²) < 4.78 is 47.5. The summed E-state index contributed by atoms with van der Waals surface area (Å²) in [6.07, 6.45) is 1.15. The van der Waals surface area contributed by atoms with Crippen molar-refractivity contribution in [1.29, 1.82) is 5.26 Å². The van der Waals surface area contributed by atoms with Crippen LogP contribution in [0.25, 0.3) is 10.9 Å². The van der Waals surface area contributed by atoms with Gasteiger partial charge in [-0.1, -0.05) is 18.2 Å². The number of halogens is 2. The van der Waals surface area contributed by atoms with Crippen molar-refractivity contribution in [3.63, 3.8) is 0 Å². The van der Waals surface area contributed by atoms with E-state index in [0.717, 1.165) is 48.1 Å². The van der Waals surface area contributed by atoms with Crippen LogP contribution in [0, 0.1) is 17.1 Å². The SMILES string of the molecule is Cn1c(CN2CCC(c3cccc4c3O[C@H](c3ccc(C#N)cc3F)CO4)CC2)cc2c(OCCF)cc(C(=O)O)cc21. The van der Waals surface area contributed by atoms with E-state index in [9.17, 15) is 18.7 Å². The first-order chi connectivity index (χ1) is 20.9. The summed E-state index contributed by atoms with van der Waals surface area (Å²) in [5, 5.41) is 19.4. The number of nitrogens with zero attached hydrogens (tertiary/aromatic N) is 3. The number of benzene rings is 3. The number of nitriles is 1. The van der Waals surface area contributed by atoms with Crippen LogP contribution in [-0.2, 0) is 13.6 Å². The number of aromatic nitrogens is 1. The average Bonchev–Trinajstić information content (AvgIpc) is 3.34. The van der Waals surface area contributed by atoms with Crippen LogP contribution in [-0.4, -0.2) is 53.5 Å². The number of carboxylic acid groups (broad SMARTS) is 1. The Balaban J connectivity index is 1.17. The first kappa shape index (κ1) is 28.5. The number of piperidine rings is 1. The Morgan fingerprint density at radius 1 is 1.14 bits per heavy atom. The van der Waals surface area contributed by atoms with Crippen LogP contribution in [0.3, 0.4) is 0 Å².